The lowest BCUT2D eigenvalue weighted by molar-refractivity contribution is 0.100. The van der Waals surface area contributed by atoms with Crippen molar-refractivity contribution in [3.8, 4) is 0 Å². The van der Waals surface area contributed by atoms with Gasteiger partial charge in [-0.3, -0.25) is 0 Å². The molecule has 1 aliphatic carbocycles. The summed E-state index contributed by atoms with van der Waals surface area (Å²) in [6.45, 7) is 6.69. The summed E-state index contributed by atoms with van der Waals surface area (Å²) in [5, 5.41) is 9.93. The fourth-order valence-corrected chi connectivity index (χ4v) is 3.01. The van der Waals surface area contributed by atoms with E-state index in [1.807, 2.05) is 0 Å². The third-order valence-corrected chi connectivity index (χ3v) is 3.82. The van der Waals surface area contributed by atoms with E-state index in [4.69, 9.17) is 0 Å². The van der Waals surface area contributed by atoms with Crippen molar-refractivity contribution in [2.45, 2.75) is 71.8 Å². The number of hydrogen-bond donors (Lipinski definition) is 1. The van der Waals surface area contributed by atoms with E-state index in [9.17, 15) is 5.11 Å². The molecule has 1 saturated carbocycles. The molecule has 0 bridgehead atoms. The first-order valence-corrected chi connectivity index (χ1v) is 6.79. The molecule has 0 aromatic heterocycles. The summed E-state index contributed by atoms with van der Waals surface area (Å²) >= 11 is 0. The minimum Gasteiger partial charge on any atom is -0.393 e. The van der Waals surface area contributed by atoms with E-state index in [1.165, 1.54) is 32.1 Å². The van der Waals surface area contributed by atoms with Crippen LogP contribution in [-0.2, 0) is 0 Å². The van der Waals surface area contributed by atoms with Crippen LogP contribution < -0.4 is 0 Å². The number of aliphatic hydroxyl groups is 1. The van der Waals surface area contributed by atoms with Crippen LogP contribution in [0.4, 0.5) is 0 Å². The second kappa shape index (κ2) is 6.52. The molecule has 90 valence electrons. The predicted octanol–water partition coefficient (Wildman–Crippen LogP) is 4.00. The normalized spacial score (nSPS) is 29.4. The summed E-state index contributed by atoms with van der Waals surface area (Å²) in [5.74, 6) is 2.37. The molecule has 0 aromatic carbocycles. The fourth-order valence-electron chi connectivity index (χ4n) is 3.01. The topological polar surface area (TPSA) is 20.2 Å². The van der Waals surface area contributed by atoms with Gasteiger partial charge in [0.15, 0.2) is 0 Å². The molecule has 3 atom stereocenters. The van der Waals surface area contributed by atoms with Crippen molar-refractivity contribution in [3.63, 3.8) is 0 Å². The van der Waals surface area contributed by atoms with Crippen LogP contribution in [0.15, 0.2) is 0 Å². The van der Waals surface area contributed by atoms with Gasteiger partial charge in [0.2, 0.25) is 0 Å². The Hall–Kier alpha value is -0.0400. The summed E-state index contributed by atoms with van der Waals surface area (Å²) in [5.41, 5.74) is 0. The van der Waals surface area contributed by atoms with E-state index in [0.717, 1.165) is 24.7 Å². The van der Waals surface area contributed by atoms with Crippen molar-refractivity contribution in [1.82, 2.24) is 0 Å². The molecular formula is C14H28O. The minimum atomic E-state index is -0.0504. The van der Waals surface area contributed by atoms with E-state index in [1.54, 1.807) is 0 Å². The highest BCUT2D eigenvalue weighted by Gasteiger charge is 2.23. The Labute approximate surface area is 95.3 Å². The van der Waals surface area contributed by atoms with E-state index >= 15 is 0 Å². The maximum absolute atomic E-state index is 9.93. The molecule has 0 aliphatic heterocycles. The van der Waals surface area contributed by atoms with Gasteiger partial charge in [-0.25, -0.2) is 0 Å². The molecule has 1 N–H and O–H groups in total. The van der Waals surface area contributed by atoms with Crippen LogP contribution in [0.3, 0.4) is 0 Å². The standard InChI is InChI=1S/C14H28O/c1-4-12-6-5-7-13(9-12)10-14(15)8-11(2)3/h11-15H,4-10H2,1-3H3. The maximum atomic E-state index is 9.93. The average molecular weight is 212 g/mol. The Balaban J connectivity index is 2.25. The molecule has 15 heavy (non-hydrogen) atoms. The molecule has 1 heteroatoms. The molecule has 0 heterocycles. The van der Waals surface area contributed by atoms with Crippen LogP contribution in [0.25, 0.3) is 0 Å². The fraction of sp³-hybridized carbons (Fsp3) is 1.00. The summed E-state index contributed by atoms with van der Waals surface area (Å²) in [7, 11) is 0. The van der Waals surface area contributed by atoms with Gasteiger partial charge in [0.05, 0.1) is 6.10 Å². The minimum absolute atomic E-state index is 0.0504. The molecule has 0 saturated heterocycles. The van der Waals surface area contributed by atoms with Gasteiger partial charge in [-0.1, -0.05) is 46.5 Å². The van der Waals surface area contributed by atoms with Gasteiger partial charge in [-0.05, 0) is 37.0 Å². The van der Waals surface area contributed by atoms with Crippen LogP contribution in [0.2, 0.25) is 0 Å². The summed E-state index contributed by atoms with van der Waals surface area (Å²) in [4.78, 5) is 0. The average Bonchev–Trinajstić information content (AvgIpc) is 2.16. The first kappa shape index (κ1) is 13.0. The Morgan fingerprint density at radius 3 is 2.47 bits per heavy atom. The SMILES string of the molecule is CCC1CCCC(CC(O)CC(C)C)C1. The monoisotopic (exact) mass is 212 g/mol. The van der Waals surface area contributed by atoms with Crippen molar-refractivity contribution in [3.05, 3.63) is 0 Å². The number of hydrogen-bond acceptors (Lipinski definition) is 1. The quantitative estimate of drug-likeness (QED) is 0.730. The summed E-state index contributed by atoms with van der Waals surface area (Å²) in [6.07, 6.45) is 8.84. The maximum Gasteiger partial charge on any atom is 0.0545 e. The van der Waals surface area contributed by atoms with Crippen LogP contribution >= 0.6 is 0 Å². The molecule has 1 fully saturated rings. The van der Waals surface area contributed by atoms with Gasteiger partial charge in [0.25, 0.3) is 0 Å². The summed E-state index contributed by atoms with van der Waals surface area (Å²) < 4.78 is 0. The molecule has 0 spiro atoms. The van der Waals surface area contributed by atoms with Crippen molar-refractivity contribution in [2.24, 2.45) is 17.8 Å². The largest absolute Gasteiger partial charge is 0.393 e. The van der Waals surface area contributed by atoms with Crippen LogP contribution in [-0.4, -0.2) is 11.2 Å². The van der Waals surface area contributed by atoms with Crippen molar-refractivity contribution < 1.29 is 5.11 Å². The van der Waals surface area contributed by atoms with Crippen LogP contribution in [0, 0.1) is 17.8 Å². The van der Waals surface area contributed by atoms with Crippen LogP contribution in [0.1, 0.15) is 65.7 Å². The molecule has 1 rings (SSSR count). The molecule has 3 unspecified atom stereocenters. The van der Waals surface area contributed by atoms with E-state index in [0.29, 0.717) is 5.92 Å². The van der Waals surface area contributed by atoms with Crippen molar-refractivity contribution in [1.29, 1.82) is 0 Å². The Kier molecular flexibility index (Phi) is 5.66. The van der Waals surface area contributed by atoms with Gasteiger partial charge in [0, 0.05) is 0 Å². The number of rotatable bonds is 5. The van der Waals surface area contributed by atoms with Gasteiger partial charge in [-0.15, -0.1) is 0 Å². The van der Waals surface area contributed by atoms with Gasteiger partial charge in [-0.2, -0.15) is 0 Å². The zero-order valence-electron chi connectivity index (χ0n) is 10.7. The lowest BCUT2D eigenvalue weighted by atomic mass is 9.77. The second-order valence-electron chi connectivity index (χ2n) is 5.83. The van der Waals surface area contributed by atoms with E-state index < -0.39 is 0 Å². The van der Waals surface area contributed by atoms with Crippen molar-refractivity contribution in [2.75, 3.05) is 0 Å². The first-order valence-electron chi connectivity index (χ1n) is 6.79. The molecule has 0 radical (unpaired) electrons. The summed E-state index contributed by atoms with van der Waals surface area (Å²) in [6, 6.07) is 0. The third kappa shape index (κ3) is 5.01. The molecule has 0 aromatic rings. The zero-order valence-corrected chi connectivity index (χ0v) is 10.7. The third-order valence-electron chi connectivity index (χ3n) is 3.82. The van der Waals surface area contributed by atoms with E-state index in [-0.39, 0.29) is 6.10 Å². The first-order chi connectivity index (χ1) is 7.11. The lowest BCUT2D eigenvalue weighted by Gasteiger charge is -2.30. The highest BCUT2D eigenvalue weighted by atomic mass is 16.3. The Morgan fingerprint density at radius 2 is 1.87 bits per heavy atom. The molecule has 1 nitrogen and oxygen atoms in total. The Morgan fingerprint density at radius 1 is 1.20 bits per heavy atom. The highest BCUT2D eigenvalue weighted by molar-refractivity contribution is 4.75. The number of aliphatic hydroxyl groups excluding tert-OH is 1. The lowest BCUT2D eigenvalue weighted by Crippen LogP contribution is -2.21. The molecule has 0 amide bonds. The molecular weight excluding hydrogens is 184 g/mol. The van der Waals surface area contributed by atoms with E-state index in [2.05, 4.69) is 20.8 Å². The van der Waals surface area contributed by atoms with Crippen molar-refractivity contribution >= 4 is 0 Å². The predicted molar refractivity (Wildman–Crippen MR) is 65.8 cm³/mol. The smallest absolute Gasteiger partial charge is 0.0545 e. The zero-order chi connectivity index (χ0) is 11.3. The Bertz CT molecular complexity index is 165. The highest BCUT2D eigenvalue weighted by Crippen LogP contribution is 2.34. The van der Waals surface area contributed by atoms with Crippen LogP contribution in [0.5, 0.6) is 0 Å². The van der Waals surface area contributed by atoms with Gasteiger partial charge >= 0.3 is 0 Å². The molecule has 1 aliphatic rings. The van der Waals surface area contributed by atoms with Gasteiger partial charge in [0.1, 0.15) is 0 Å². The second-order valence-corrected chi connectivity index (χ2v) is 5.83. The van der Waals surface area contributed by atoms with Gasteiger partial charge < -0.3 is 5.11 Å².